The van der Waals surface area contributed by atoms with Gasteiger partial charge in [0.05, 0.1) is 26.5 Å². The number of hydrogen-bond donors (Lipinski definition) is 1. The Morgan fingerprint density at radius 3 is 2.41 bits per heavy atom. The zero-order valence-corrected chi connectivity index (χ0v) is 18.5. The van der Waals surface area contributed by atoms with Crippen molar-refractivity contribution in [3.8, 4) is 0 Å². The molecule has 0 aliphatic heterocycles. The number of likely N-dealkylation sites (N-methyl/N-ethyl adjacent to an activating group) is 1. The van der Waals surface area contributed by atoms with Gasteiger partial charge in [-0.3, -0.25) is 4.79 Å². The average molecular weight is 441 g/mol. The summed E-state index contributed by atoms with van der Waals surface area (Å²) in [5, 5.41) is 10.2. The zero-order valence-electron chi connectivity index (χ0n) is 18.5. The number of nitrogens with zero attached hydrogens (tertiary/aromatic N) is 2. The second kappa shape index (κ2) is 12.2. The summed E-state index contributed by atoms with van der Waals surface area (Å²) in [7, 11) is 4.17. The number of carbonyl (C=O) groups is 2. The lowest BCUT2D eigenvalue weighted by molar-refractivity contribution is -0.169. The lowest BCUT2D eigenvalue weighted by Gasteiger charge is -2.24. The quantitative estimate of drug-likeness (QED) is 0.248. The first-order chi connectivity index (χ1) is 15.5. The van der Waals surface area contributed by atoms with Gasteiger partial charge in [0.15, 0.2) is 5.71 Å². The average Bonchev–Trinajstić information content (AvgIpc) is 2.84. The van der Waals surface area contributed by atoms with Crippen LogP contribution >= 0.6 is 0 Å². The fraction of sp³-hybridized carbons (Fsp3) is 0.304. The summed E-state index contributed by atoms with van der Waals surface area (Å²) in [6.07, 6.45) is 1.40. The molecular formula is C23H27N3O6. The topological polar surface area (TPSA) is 108 Å². The van der Waals surface area contributed by atoms with Gasteiger partial charge in [-0.1, -0.05) is 64.9 Å². The van der Waals surface area contributed by atoms with E-state index in [-0.39, 0.29) is 24.8 Å². The van der Waals surface area contributed by atoms with Gasteiger partial charge in [-0.15, -0.1) is 0 Å². The standard InChI is InChI=1S/C23H27N3O6/c1-23(22(28)29-3,18-11-6-5-7-12-18)32-25-14-15-31-16-17-10-8-9-13-19(17)20(26-30-4)21(27)24-2/h5-14H,15-16H2,1-4H3,(H,24,27)/b25-14+,26-20+. The van der Waals surface area contributed by atoms with E-state index in [4.69, 9.17) is 19.1 Å². The fourth-order valence-corrected chi connectivity index (χ4v) is 2.85. The number of rotatable bonds is 11. The summed E-state index contributed by atoms with van der Waals surface area (Å²) < 4.78 is 10.5. The van der Waals surface area contributed by atoms with E-state index in [0.29, 0.717) is 11.1 Å². The molecule has 2 rings (SSSR count). The smallest absolute Gasteiger partial charge is 0.357 e. The van der Waals surface area contributed by atoms with Crippen LogP contribution in [0.5, 0.6) is 0 Å². The number of oxime groups is 2. The molecule has 170 valence electrons. The third-order valence-electron chi connectivity index (χ3n) is 4.56. The van der Waals surface area contributed by atoms with Crippen LogP contribution in [0, 0.1) is 0 Å². The molecule has 1 atom stereocenters. The van der Waals surface area contributed by atoms with Crippen molar-refractivity contribution in [2.24, 2.45) is 10.3 Å². The molecule has 0 fully saturated rings. The summed E-state index contributed by atoms with van der Waals surface area (Å²) in [4.78, 5) is 34.7. The van der Waals surface area contributed by atoms with Gasteiger partial charge in [0.1, 0.15) is 7.11 Å². The number of nitrogens with one attached hydrogen (secondary N) is 1. The number of hydrogen-bond acceptors (Lipinski definition) is 8. The van der Waals surface area contributed by atoms with Crippen molar-refractivity contribution in [3.63, 3.8) is 0 Å². The largest absolute Gasteiger partial charge is 0.466 e. The Balaban J connectivity index is 2.02. The second-order valence-corrected chi connectivity index (χ2v) is 6.64. The highest BCUT2D eigenvalue weighted by Gasteiger charge is 2.39. The number of ether oxygens (including phenoxy) is 2. The first-order valence-electron chi connectivity index (χ1n) is 9.81. The van der Waals surface area contributed by atoms with E-state index in [2.05, 4.69) is 15.6 Å². The minimum absolute atomic E-state index is 0.108. The number of amides is 1. The van der Waals surface area contributed by atoms with Gasteiger partial charge in [-0.25, -0.2) is 4.79 Å². The molecule has 0 aromatic heterocycles. The van der Waals surface area contributed by atoms with E-state index < -0.39 is 11.6 Å². The van der Waals surface area contributed by atoms with E-state index in [1.54, 1.807) is 43.3 Å². The highest BCUT2D eigenvalue weighted by molar-refractivity contribution is 6.45. The molecule has 9 nitrogen and oxygen atoms in total. The summed E-state index contributed by atoms with van der Waals surface area (Å²) in [5.74, 6) is -0.952. The lowest BCUT2D eigenvalue weighted by atomic mass is 9.96. The minimum Gasteiger partial charge on any atom is -0.466 e. The van der Waals surface area contributed by atoms with Gasteiger partial charge in [-0.2, -0.15) is 0 Å². The van der Waals surface area contributed by atoms with Crippen molar-refractivity contribution >= 4 is 23.8 Å². The monoisotopic (exact) mass is 441 g/mol. The number of esters is 1. The van der Waals surface area contributed by atoms with E-state index in [0.717, 1.165) is 5.56 Å². The van der Waals surface area contributed by atoms with Crippen molar-refractivity contribution in [3.05, 3.63) is 71.3 Å². The van der Waals surface area contributed by atoms with Crippen LogP contribution < -0.4 is 5.32 Å². The molecule has 0 saturated heterocycles. The van der Waals surface area contributed by atoms with Gasteiger partial charge in [0.2, 0.25) is 0 Å². The predicted octanol–water partition coefficient (Wildman–Crippen LogP) is 2.39. The normalized spacial score (nSPS) is 13.3. The summed E-state index contributed by atoms with van der Waals surface area (Å²) in [6, 6.07) is 16.1. The van der Waals surface area contributed by atoms with Crippen LogP contribution in [0.25, 0.3) is 0 Å². The molecule has 0 saturated carbocycles. The van der Waals surface area contributed by atoms with Gasteiger partial charge >= 0.3 is 5.97 Å². The highest BCUT2D eigenvalue weighted by Crippen LogP contribution is 2.27. The number of methoxy groups -OCH3 is 1. The third kappa shape index (κ3) is 6.14. The summed E-state index contributed by atoms with van der Waals surface area (Å²) in [5.41, 5.74) is 0.688. The second-order valence-electron chi connectivity index (χ2n) is 6.64. The van der Waals surface area contributed by atoms with Gasteiger partial charge in [0.25, 0.3) is 11.5 Å². The van der Waals surface area contributed by atoms with Crippen LogP contribution in [0.15, 0.2) is 64.9 Å². The fourth-order valence-electron chi connectivity index (χ4n) is 2.85. The number of carbonyl (C=O) groups excluding carboxylic acids is 2. The Morgan fingerprint density at radius 2 is 1.75 bits per heavy atom. The molecule has 2 aromatic carbocycles. The maximum absolute atomic E-state index is 12.3. The molecule has 2 aromatic rings. The molecule has 0 aliphatic rings. The van der Waals surface area contributed by atoms with E-state index in [1.165, 1.54) is 27.5 Å². The first kappa shape index (κ1) is 24.5. The lowest BCUT2D eigenvalue weighted by Crippen LogP contribution is -2.35. The van der Waals surface area contributed by atoms with Crippen molar-refractivity contribution in [1.29, 1.82) is 0 Å². The zero-order chi connectivity index (χ0) is 23.4. The van der Waals surface area contributed by atoms with Gasteiger partial charge < -0.3 is 24.5 Å². The molecule has 1 amide bonds. The van der Waals surface area contributed by atoms with Crippen LogP contribution in [0.2, 0.25) is 0 Å². The molecule has 1 unspecified atom stereocenters. The SMILES string of the molecule is CNC(=O)/C(=N/OC)c1ccccc1COC/C=N/OC(C)(C(=O)OC)c1ccccc1. The third-order valence-corrected chi connectivity index (χ3v) is 4.56. The van der Waals surface area contributed by atoms with Crippen LogP contribution in [-0.2, 0) is 40.9 Å². The Morgan fingerprint density at radius 1 is 1.06 bits per heavy atom. The molecule has 0 aliphatic carbocycles. The predicted molar refractivity (Wildman–Crippen MR) is 119 cm³/mol. The van der Waals surface area contributed by atoms with E-state index in [9.17, 15) is 9.59 Å². The van der Waals surface area contributed by atoms with Crippen molar-refractivity contribution in [2.75, 3.05) is 27.9 Å². The Hall–Kier alpha value is -3.72. The molecule has 0 bridgehead atoms. The van der Waals surface area contributed by atoms with E-state index in [1.807, 2.05) is 18.2 Å². The Kier molecular flexibility index (Phi) is 9.37. The van der Waals surface area contributed by atoms with Gasteiger partial charge in [-0.05, 0) is 12.5 Å². The molecule has 32 heavy (non-hydrogen) atoms. The van der Waals surface area contributed by atoms with Crippen molar-refractivity contribution in [2.45, 2.75) is 19.1 Å². The molecular weight excluding hydrogens is 414 g/mol. The van der Waals surface area contributed by atoms with E-state index >= 15 is 0 Å². The van der Waals surface area contributed by atoms with Crippen LogP contribution in [0.4, 0.5) is 0 Å². The summed E-state index contributed by atoms with van der Waals surface area (Å²) >= 11 is 0. The Labute approximate surface area is 187 Å². The Bertz CT molecular complexity index is 961. The minimum atomic E-state index is -1.39. The van der Waals surface area contributed by atoms with Gasteiger partial charge in [0, 0.05) is 18.2 Å². The van der Waals surface area contributed by atoms with Crippen LogP contribution in [0.1, 0.15) is 23.6 Å². The van der Waals surface area contributed by atoms with Crippen molar-refractivity contribution < 1.29 is 28.7 Å². The maximum Gasteiger partial charge on any atom is 0.357 e. The van der Waals surface area contributed by atoms with Crippen molar-refractivity contribution in [1.82, 2.24) is 5.32 Å². The maximum atomic E-state index is 12.3. The summed E-state index contributed by atoms with van der Waals surface area (Å²) in [6.45, 7) is 1.88. The molecule has 1 N–H and O–H groups in total. The first-order valence-corrected chi connectivity index (χ1v) is 9.81. The molecule has 9 heteroatoms. The van der Waals surface area contributed by atoms with Crippen LogP contribution in [0.3, 0.4) is 0 Å². The van der Waals surface area contributed by atoms with Crippen LogP contribution in [-0.4, -0.2) is 51.7 Å². The number of benzene rings is 2. The molecule has 0 radical (unpaired) electrons. The molecule has 0 heterocycles. The molecule has 0 spiro atoms. The highest BCUT2D eigenvalue weighted by atomic mass is 16.7.